The standard InChI is InChI=1S/C12H21NO2/c1-10(2,9(14)15)11(3,4)13-7-12(8-13)5-6-12/h5-8H2,1-4H3,(H,14,15). The molecule has 1 spiro atoms. The zero-order chi connectivity index (χ0) is 11.5. The van der Waals surface area contributed by atoms with Gasteiger partial charge in [0.2, 0.25) is 0 Å². The van der Waals surface area contributed by atoms with E-state index < -0.39 is 11.4 Å². The van der Waals surface area contributed by atoms with Gasteiger partial charge in [-0.15, -0.1) is 0 Å². The second-order valence-corrected chi connectivity index (χ2v) is 6.35. The molecule has 0 radical (unpaired) electrons. The molecular formula is C12H21NO2. The molecule has 0 unspecified atom stereocenters. The summed E-state index contributed by atoms with van der Waals surface area (Å²) < 4.78 is 0. The summed E-state index contributed by atoms with van der Waals surface area (Å²) >= 11 is 0. The Morgan fingerprint density at radius 2 is 1.67 bits per heavy atom. The SMILES string of the molecule is CC(C)(C(=O)O)C(C)(C)N1CC2(CC2)C1. The van der Waals surface area contributed by atoms with E-state index in [-0.39, 0.29) is 5.54 Å². The van der Waals surface area contributed by atoms with E-state index in [1.807, 2.05) is 13.8 Å². The molecule has 2 fully saturated rings. The fourth-order valence-electron chi connectivity index (χ4n) is 2.31. The molecular weight excluding hydrogens is 190 g/mol. The van der Waals surface area contributed by atoms with Crippen molar-refractivity contribution in [3.05, 3.63) is 0 Å². The summed E-state index contributed by atoms with van der Waals surface area (Å²) in [5.41, 5.74) is -0.359. The first-order chi connectivity index (χ1) is 6.71. The van der Waals surface area contributed by atoms with Crippen LogP contribution < -0.4 is 0 Å². The third kappa shape index (κ3) is 1.40. The van der Waals surface area contributed by atoms with Crippen LogP contribution in [0.4, 0.5) is 0 Å². The van der Waals surface area contributed by atoms with Gasteiger partial charge in [-0.1, -0.05) is 0 Å². The number of carboxylic acid groups (broad SMARTS) is 1. The highest BCUT2D eigenvalue weighted by Gasteiger charge is 2.59. The largest absolute Gasteiger partial charge is 0.481 e. The van der Waals surface area contributed by atoms with Gasteiger partial charge in [0.1, 0.15) is 0 Å². The zero-order valence-corrected chi connectivity index (χ0v) is 10.1. The smallest absolute Gasteiger partial charge is 0.310 e. The van der Waals surface area contributed by atoms with Crippen molar-refractivity contribution in [2.75, 3.05) is 13.1 Å². The number of carbonyl (C=O) groups is 1. The van der Waals surface area contributed by atoms with E-state index in [0.717, 1.165) is 13.1 Å². The number of hydrogen-bond donors (Lipinski definition) is 1. The lowest BCUT2D eigenvalue weighted by Crippen LogP contribution is -2.65. The average molecular weight is 211 g/mol. The maximum absolute atomic E-state index is 11.3. The lowest BCUT2D eigenvalue weighted by molar-refractivity contribution is -0.161. The highest BCUT2D eigenvalue weighted by atomic mass is 16.4. The van der Waals surface area contributed by atoms with E-state index in [2.05, 4.69) is 18.7 Å². The van der Waals surface area contributed by atoms with Crippen molar-refractivity contribution in [2.24, 2.45) is 10.8 Å². The van der Waals surface area contributed by atoms with Crippen molar-refractivity contribution in [3.63, 3.8) is 0 Å². The summed E-state index contributed by atoms with van der Waals surface area (Å²) in [7, 11) is 0. The molecule has 0 aromatic rings. The maximum atomic E-state index is 11.3. The second kappa shape index (κ2) is 2.76. The van der Waals surface area contributed by atoms with Crippen molar-refractivity contribution in [3.8, 4) is 0 Å². The number of hydrogen-bond acceptors (Lipinski definition) is 2. The Morgan fingerprint density at radius 1 is 1.20 bits per heavy atom. The summed E-state index contributed by atoms with van der Waals surface area (Å²) in [6.45, 7) is 9.95. The van der Waals surface area contributed by atoms with Crippen LogP contribution >= 0.6 is 0 Å². The molecule has 1 saturated heterocycles. The number of carboxylic acids is 1. The van der Waals surface area contributed by atoms with E-state index in [4.69, 9.17) is 0 Å². The van der Waals surface area contributed by atoms with Crippen LogP contribution in [-0.2, 0) is 4.79 Å². The van der Waals surface area contributed by atoms with Crippen LogP contribution in [-0.4, -0.2) is 34.6 Å². The topological polar surface area (TPSA) is 40.5 Å². The molecule has 0 aromatic carbocycles. The van der Waals surface area contributed by atoms with Gasteiger partial charge < -0.3 is 5.11 Å². The van der Waals surface area contributed by atoms with Crippen molar-refractivity contribution < 1.29 is 9.90 Å². The number of likely N-dealkylation sites (tertiary alicyclic amines) is 1. The highest BCUT2D eigenvalue weighted by Crippen LogP contribution is 2.56. The van der Waals surface area contributed by atoms with E-state index in [9.17, 15) is 9.90 Å². The summed E-state index contributed by atoms with van der Waals surface area (Å²) in [4.78, 5) is 13.6. The van der Waals surface area contributed by atoms with Gasteiger partial charge in [-0.05, 0) is 46.0 Å². The molecule has 0 amide bonds. The monoisotopic (exact) mass is 211 g/mol. The third-order valence-corrected chi connectivity index (χ3v) is 4.86. The molecule has 86 valence electrons. The van der Waals surface area contributed by atoms with Crippen LogP contribution in [0.1, 0.15) is 40.5 Å². The zero-order valence-electron chi connectivity index (χ0n) is 10.1. The highest BCUT2D eigenvalue weighted by molar-refractivity contribution is 5.75. The van der Waals surface area contributed by atoms with Crippen molar-refractivity contribution in [1.29, 1.82) is 0 Å². The fourth-order valence-corrected chi connectivity index (χ4v) is 2.31. The minimum absolute atomic E-state index is 0.257. The predicted molar refractivity (Wildman–Crippen MR) is 58.7 cm³/mol. The molecule has 1 aliphatic heterocycles. The quantitative estimate of drug-likeness (QED) is 0.776. The molecule has 2 aliphatic rings. The molecule has 15 heavy (non-hydrogen) atoms. The van der Waals surface area contributed by atoms with Gasteiger partial charge in [0.15, 0.2) is 0 Å². The van der Waals surface area contributed by atoms with Crippen LogP contribution in [0.25, 0.3) is 0 Å². The van der Waals surface area contributed by atoms with E-state index in [1.54, 1.807) is 0 Å². The fraction of sp³-hybridized carbons (Fsp3) is 0.917. The van der Waals surface area contributed by atoms with Crippen LogP contribution in [0.2, 0.25) is 0 Å². The summed E-state index contributed by atoms with van der Waals surface area (Å²) in [6, 6.07) is 0. The van der Waals surface area contributed by atoms with Crippen LogP contribution in [0.15, 0.2) is 0 Å². The molecule has 1 heterocycles. The molecule has 0 aromatic heterocycles. The van der Waals surface area contributed by atoms with Crippen LogP contribution in [0.5, 0.6) is 0 Å². The lowest BCUT2D eigenvalue weighted by Gasteiger charge is -2.55. The summed E-state index contributed by atoms with van der Waals surface area (Å²) in [5, 5.41) is 9.26. The minimum atomic E-state index is -0.704. The van der Waals surface area contributed by atoms with Crippen LogP contribution in [0, 0.1) is 10.8 Å². The predicted octanol–water partition coefficient (Wildman–Crippen LogP) is 1.97. The van der Waals surface area contributed by atoms with Gasteiger partial charge in [0.05, 0.1) is 5.41 Å². The number of nitrogens with zero attached hydrogens (tertiary/aromatic N) is 1. The Hall–Kier alpha value is -0.570. The Balaban J connectivity index is 2.09. The normalized spacial score (nSPS) is 25.1. The summed E-state index contributed by atoms with van der Waals surface area (Å²) in [5.74, 6) is -0.704. The lowest BCUT2D eigenvalue weighted by atomic mass is 9.71. The molecule has 0 bridgehead atoms. The van der Waals surface area contributed by atoms with Crippen molar-refractivity contribution in [1.82, 2.24) is 4.90 Å². The van der Waals surface area contributed by atoms with Gasteiger partial charge in [0, 0.05) is 18.6 Å². The van der Waals surface area contributed by atoms with Gasteiger partial charge in [-0.25, -0.2) is 0 Å². The molecule has 1 saturated carbocycles. The molecule has 1 N–H and O–H groups in total. The van der Waals surface area contributed by atoms with Gasteiger partial charge in [-0.2, -0.15) is 0 Å². The summed E-state index contributed by atoms with van der Waals surface area (Å²) in [6.07, 6.45) is 2.68. The first-order valence-corrected chi connectivity index (χ1v) is 5.70. The van der Waals surface area contributed by atoms with E-state index in [0.29, 0.717) is 5.41 Å². The Labute approximate surface area is 91.5 Å². The van der Waals surface area contributed by atoms with Gasteiger partial charge >= 0.3 is 5.97 Å². The van der Waals surface area contributed by atoms with Crippen molar-refractivity contribution in [2.45, 2.75) is 46.1 Å². The number of rotatable bonds is 3. The van der Waals surface area contributed by atoms with E-state index >= 15 is 0 Å². The Bertz CT molecular complexity index is 295. The van der Waals surface area contributed by atoms with Gasteiger partial charge in [-0.3, -0.25) is 9.69 Å². The molecule has 2 rings (SSSR count). The number of aliphatic carboxylic acids is 1. The molecule has 3 nitrogen and oxygen atoms in total. The average Bonchev–Trinajstić information content (AvgIpc) is 2.79. The molecule has 3 heteroatoms. The first-order valence-electron chi connectivity index (χ1n) is 5.70. The van der Waals surface area contributed by atoms with Crippen LogP contribution in [0.3, 0.4) is 0 Å². The molecule has 0 atom stereocenters. The van der Waals surface area contributed by atoms with Gasteiger partial charge in [0.25, 0.3) is 0 Å². The maximum Gasteiger partial charge on any atom is 0.310 e. The second-order valence-electron chi connectivity index (χ2n) is 6.35. The third-order valence-electron chi connectivity index (χ3n) is 4.86. The minimum Gasteiger partial charge on any atom is -0.481 e. The Kier molecular flexibility index (Phi) is 2.01. The first kappa shape index (κ1) is 10.9. The van der Waals surface area contributed by atoms with E-state index in [1.165, 1.54) is 12.8 Å². The van der Waals surface area contributed by atoms with Crippen molar-refractivity contribution >= 4 is 5.97 Å². The molecule has 1 aliphatic carbocycles. The Morgan fingerprint density at radius 3 is 2.00 bits per heavy atom.